The van der Waals surface area contributed by atoms with Crippen LogP contribution in [0.1, 0.15) is 40.7 Å². The topological polar surface area (TPSA) is 29.1 Å². The van der Waals surface area contributed by atoms with Crippen LogP contribution in [0.15, 0.2) is 12.1 Å². The molecule has 1 N–H and O–H groups in total. The molecule has 2 nitrogen and oxygen atoms in total. The predicted octanol–water partition coefficient (Wildman–Crippen LogP) is 3.20. The summed E-state index contributed by atoms with van der Waals surface area (Å²) in [5.41, 5.74) is -0.130. The fourth-order valence-electron chi connectivity index (χ4n) is 1.89. The van der Waals surface area contributed by atoms with E-state index in [1.807, 2.05) is 12.1 Å². The van der Waals surface area contributed by atoms with Crippen molar-refractivity contribution in [3.05, 3.63) is 21.9 Å². The normalized spacial score (nSPS) is 17.9. The van der Waals surface area contributed by atoms with Crippen LogP contribution in [0, 0.1) is 0 Å². The second kappa shape index (κ2) is 4.76. The van der Waals surface area contributed by atoms with E-state index in [1.54, 1.807) is 11.3 Å². The van der Waals surface area contributed by atoms with Crippen LogP contribution < -0.4 is 5.32 Å². The molecular weight excluding hydrogens is 242 g/mol. The van der Waals surface area contributed by atoms with Crippen molar-refractivity contribution in [3.8, 4) is 0 Å². The van der Waals surface area contributed by atoms with Crippen molar-refractivity contribution in [2.45, 2.75) is 38.1 Å². The zero-order chi connectivity index (χ0) is 11.6. The van der Waals surface area contributed by atoms with Gasteiger partial charge in [-0.3, -0.25) is 4.79 Å². The van der Waals surface area contributed by atoms with Gasteiger partial charge in [0.05, 0.1) is 10.4 Å². The Morgan fingerprint density at radius 3 is 2.75 bits per heavy atom. The first-order chi connectivity index (χ1) is 7.69. The molecule has 4 heteroatoms. The first-order valence-corrected chi connectivity index (χ1v) is 7.01. The van der Waals surface area contributed by atoms with Crippen LogP contribution >= 0.6 is 22.9 Å². The van der Waals surface area contributed by atoms with Crippen LogP contribution in [0.5, 0.6) is 0 Å². The van der Waals surface area contributed by atoms with Gasteiger partial charge in [0.25, 0.3) is 5.91 Å². The van der Waals surface area contributed by atoms with Gasteiger partial charge < -0.3 is 5.32 Å². The smallest absolute Gasteiger partial charge is 0.261 e. The van der Waals surface area contributed by atoms with E-state index in [0.717, 1.165) is 30.6 Å². The Morgan fingerprint density at radius 1 is 1.56 bits per heavy atom. The van der Waals surface area contributed by atoms with Gasteiger partial charge in [0, 0.05) is 10.8 Å². The summed E-state index contributed by atoms with van der Waals surface area (Å²) in [5, 5.41) is 3.07. The number of rotatable bonds is 4. The summed E-state index contributed by atoms with van der Waals surface area (Å²) >= 11 is 7.48. The standard InChI is InChI=1S/C12H16ClNOS/c1-2-9-4-5-10(16-9)11(15)14-12(8-13)6-3-7-12/h4-5H,2-3,6-8H2,1H3,(H,14,15). The quantitative estimate of drug-likeness (QED) is 0.825. The molecule has 1 heterocycles. The minimum atomic E-state index is -0.130. The lowest BCUT2D eigenvalue weighted by Gasteiger charge is -2.40. The van der Waals surface area contributed by atoms with E-state index in [0.29, 0.717) is 5.88 Å². The molecule has 0 atom stereocenters. The van der Waals surface area contributed by atoms with Crippen LogP contribution in [-0.2, 0) is 6.42 Å². The summed E-state index contributed by atoms with van der Waals surface area (Å²) in [5.74, 6) is 0.551. The molecule has 2 rings (SSSR count). The summed E-state index contributed by atoms with van der Waals surface area (Å²) in [7, 11) is 0. The number of amides is 1. The fraction of sp³-hybridized carbons (Fsp3) is 0.583. The number of carbonyl (C=O) groups excluding carboxylic acids is 1. The Kier molecular flexibility index (Phi) is 3.55. The highest BCUT2D eigenvalue weighted by Gasteiger charge is 2.37. The van der Waals surface area contributed by atoms with Gasteiger partial charge in [0.1, 0.15) is 0 Å². The Balaban J connectivity index is 2.02. The predicted molar refractivity (Wildman–Crippen MR) is 68.5 cm³/mol. The lowest BCUT2D eigenvalue weighted by molar-refractivity contribution is 0.0858. The maximum Gasteiger partial charge on any atom is 0.261 e. The average Bonchev–Trinajstić information content (AvgIpc) is 2.71. The van der Waals surface area contributed by atoms with Crippen LogP contribution in [0.4, 0.5) is 0 Å². The molecule has 1 aliphatic carbocycles. The average molecular weight is 258 g/mol. The van der Waals surface area contributed by atoms with E-state index in [1.165, 1.54) is 4.88 Å². The van der Waals surface area contributed by atoms with E-state index < -0.39 is 0 Å². The minimum Gasteiger partial charge on any atom is -0.345 e. The fourth-order valence-corrected chi connectivity index (χ4v) is 3.06. The van der Waals surface area contributed by atoms with Crippen molar-refractivity contribution in [3.63, 3.8) is 0 Å². The van der Waals surface area contributed by atoms with Crippen molar-refractivity contribution in [2.75, 3.05) is 5.88 Å². The molecule has 1 fully saturated rings. The molecule has 0 aliphatic heterocycles. The van der Waals surface area contributed by atoms with Gasteiger partial charge in [0.15, 0.2) is 0 Å². The van der Waals surface area contributed by atoms with Crippen molar-refractivity contribution < 1.29 is 4.79 Å². The largest absolute Gasteiger partial charge is 0.345 e. The van der Waals surface area contributed by atoms with Gasteiger partial charge >= 0.3 is 0 Å². The molecule has 1 aromatic heterocycles. The number of nitrogens with one attached hydrogen (secondary N) is 1. The second-order valence-corrected chi connectivity index (χ2v) is 5.78. The highest BCUT2D eigenvalue weighted by atomic mass is 35.5. The Morgan fingerprint density at radius 2 is 2.31 bits per heavy atom. The summed E-state index contributed by atoms with van der Waals surface area (Å²) < 4.78 is 0. The van der Waals surface area contributed by atoms with Gasteiger partial charge in [-0.1, -0.05) is 6.92 Å². The monoisotopic (exact) mass is 257 g/mol. The number of thiophene rings is 1. The molecule has 0 bridgehead atoms. The van der Waals surface area contributed by atoms with Gasteiger partial charge in [-0.2, -0.15) is 0 Å². The highest BCUT2D eigenvalue weighted by Crippen LogP contribution is 2.33. The Labute approximate surface area is 105 Å². The molecule has 1 aromatic rings. The summed E-state index contributed by atoms with van der Waals surface area (Å²) in [6.07, 6.45) is 4.17. The molecule has 88 valence electrons. The van der Waals surface area contributed by atoms with Gasteiger partial charge in [-0.25, -0.2) is 0 Å². The molecule has 0 unspecified atom stereocenters. The number of hydrogen-bond acceptors (Lipinski definition) is 2. The first-order valence-electron chi connectivity index (χ1n) is 5.66. The summed E-state index contributed by atoms with van der Waals surface area (Å²) in [4.78, 5) is 14.0. The molecule has 1 saturated carbocycles. The molecule has 0 saturated heterocycles. The number of halogens is 1. The van der Waals surface area contributed by atoms with E-state index >= 15 is 0 Å². The zero-order valence-corrected chi connectivity index (χ0v) is 11.0. The Bertz CT molecular complexity index is 379. The van der Waals surface area contributed by atoms with Crippen molar-refractivity contribution in [2.24, 2.45) is 0 Å². The lowest BCUT2D eigenvalue weighted by Crippen LogP contribution is -2.54. The highest BCUT2D eigenvalue weighted by molar-refractivity contribution is 7.14. The molecule has 0 radical (unpaired) electrons. The zero-order valence-electron chi connectivity index (χ0n) is 9.38. The van der Waals surface area contributed by atoms with Crippen molar-refractivity contribution in [1.82, 2.24) is 5.32 Å². The summed E-state index contributed by atoms with van der Waals surface area (Å²) in [6, 6.07) is 3.92. The van der Waals surface area contributed by atoms with Crippen molar-refractivity contribution >= 4 is 28.8 Å². The molecule has 16 heavy (non-hydrogen) atoms. The number of aryl methyl sites for hydroxylation is 1. The third-order valence-electron chi connectivity index (χ3n) is 3.18. The van der Waals surface area contributed by atoms with Crippen LogP contribution in [0.25, 0.3) is 0 Å². The van der Waals surface area contributed by atoms with Crippen LogP contribution in [0.2, 0.25) is 0 Å². The van der Waals surface area contributed by atoms with E-state index in [-0.39, 0.29) is 11.4 Å². The van der Waals surface area contributed by atoms with Crippen LogP contribution in [-0.4, -0.2) is 17.3 Å². The van der Waals surface area contributed by atoms with Gasteiger partial charge in [0.2, 0.25) is 0 Å². The number of alkyl halides is 1. The molecule has 0 aromatic carbocycles. The van der Waals surface area contributed by atoms with Crippen LogP contribution in [0.3, 0.4) is 0 Å². The maximum atomic E-state index is 12.0. The van der Waals surface area contributed by atoms with E-state index in [2.05, 4.69) is 12.2 Å². The van der Waals surface area contributed by atoms with Crippen molar-refractivity contribution in [1.29, 1.82) is 0 Å². The van der Waals surface area contributed by atoms with Gasteiger partial charge in [-0.05, 0) is 37.8 Å². The first kappa shape index (κ1) is 11.9. The molecule has 1 aliphatic rings. The van der Waals surface area contributed by atoms with E-state index in [4.69, 9.17) is 11.6 Å². The lowest BCUT2D eigenvalue weighted by atomic mass is 9.78. The van der Waals surface area contributed by atoms with E-state index in [9.17, 15) is 4.79 Å². The Hall–Kier alpha value is -0.540. The molecular formula is C12H16ClNOS. The van der Waals surface area contributed by atoms with Gasteiger partial charge in [-0.15, -0.1) is 22.9 Å². The summed E-state index contributed by atoms with van der Waals surface area (Å²) in [6.45, 7) is 2.10. The third-order valence-corrected chi connectivity index (χ3v) is 4.92. The molecule has 0 spiro atoms. The number of hydrogen-bond donors (Lipinski definition) is 1. The SMILES string of the molecule is CCc1ccc(C(=O)NC2(CCl)CCC2)s1. The maximum absolute atomic E-state index is 12.0. The minimum absolute atomic E-state index is 0.0325. The second-order valence-electron chi connectivity index (χ2n) is 4.34. The third kappa shape index (κ3) is 2.25. The number of carbonyl (C=O) groups is 1. The molecule has 1 amide bonds.